The molecule has 1 fully saturated rings. The number of sulfonamides is 1. The number of piperidine rings is 1. The van der Waals surface area contributed by atoms with Crippen LogP contribution in [0.5, 0.6) is 0 Å². The fourth-order valence-corrected chi connectivity index (χ4v) is 4.66. The topological polar surface area (TPSA) is 118 Å². The summed E-state index contributed by atoms with van der Waals surface area (Å²) >= 11 is 0. The number of nitrogens with zero attached hydrogens (tertiary/aromatic N) is 2. The number of para-hydroxylation sites is 1. The molecule has 1 aromatic carbocycles. The van der Waals surface area contributed by atoms with Crippen molar-refractivity contribution in [3.8, 4) is 0 Å². The van der Waals surface area contributed by atoms with Crippen molar-refractivity contribution in [2.45, 2.75) is 30.7 Å². The Balaban J connectivity index is 2.53. The minimum atomic E-state index is -4.39. The Kier molecular flexibility index (Phi) is 4.66. The number of nitro groups is 1. The summed E-state index contributed by atoms with van der Waals surface area (Å²) in [5, 5.41) is 20.2. The van der Waals surface area contributed by atoms with Gasteiger partial charge in [0.2, 0.25) is 15.8 Å². The minimum absolute atomic E-state index is 0.0287. The SMILES string of the molecule is C[C@@H]1[C@H](C(=O)O)CCCN1S(=O)(=O)c1cccc(F)c1[N+](=O)[O-]. The van der Waals surface area contributed by atoms with E-state index in [1.165, 1.54) is 6.92 Å². The molecule has 126 valence electrons. The maximum atomic E-state index is 13.7. The van der Waals surface area contributed by atoms with Gasteiger partial charge in [0.1, 0.15) is 0 Å². The summed E-state index contributed by atoms with van der Waals surface area (Å²) < 4.78 is 40.0. The van der Waals surface area contributed by atoms with Gasteiger partial charge in [0.15, 0.2) is 4.90 Å². The average Bonchev–Trinajstić information content (AvgIpc) is 2.46. The van der Waals surface area contributed by atoms with Crippen molar-refractivity contribution in [1.82, 2.24) is 4.31 Å². The lowest BCUT2D eigenvalue weighted by Crippen LogP contribution is -2.49. The molecule has 0 bridgehead atoms. The van der Waals surface area contributed by atoms with Crippen molar-refractivity contribution in [3.05, 3.63) is 34.1 Å². The van der Waals surface area contributed by atoms with Crippen LogP contribution in [0.1, 0.15) is 19.8 Å². The van der Waals surface area contributed by atoms with Crippen LogP contribution in [-0.2, 0) is 14.8 Å². The minimum Gasteiger partial charge on any atom is -0.481 e. The van der Waals surface area contributed by atoms with Crippen molar-refractivity contribution < 1.29 is 27.6 Å². The number of halogens is 1. The lowest BCUT2D eigenvalue weighted by Gasteiger charge is -2.36. The first-order valence-corrected chi connectivity index (χ1v) is 8.29. The largest absolute Gasteiger partial charge is 0.481 e. The number of hydrogen-bond donors (Lipinski definition) is 1. The Hall–Kier alpha value is -2.07. The number of carboxylic acid groups (broad SMARTS) is 1. The van der Waals surface area contributed by atoms with Gasteiger partial charge in [-0.1, -0.05) is 6.07 Å². The van der Waals surface area contributed by atoms with Crippen LogP contribution in [0.25, 0.3) is 0 Å². The van der Waals surface area contributed by atoms with Gasteiger partial charge in [-0.15, -0.1) is 0 Å². The van der Waals surface area contributed by atoms with Gasteiger partial charge >= 0.3 is 11.7 Å². The second-order valence-electron chi connectivity index (χ2n) is 5.29. The monoisotopic (exact) mass is 346 g/mol. The maximum Gasteiger partial charge on any atom is 0.324 e. The summed E-state index contributed by atoms with van der Waals surface area (Å²) in [5.41, 5.74) is -1.13. The molecule has 0 amide bonds. The fourth-order valence-electron chi connectivity index (χ4n) is 2.79. The second-order valence-corrected chi connectivity index (χ2v) is 7.15. The molecule has 0 aromatic heterocycles. The van der Waals surface area contributed by atoms with Gasteiger partial charge in [0.05, 0.1) is 10.8 Å². The Morgan fingerprint density at radius 3 is 2.70 bits per heavy atom. The van der Waals surface area contributed by atoms with Crippen molar-refractivity contribution in [1.29, 1.82) is 0 Å². The van der Waals surface area contributed by atoms with Crippen molar-refractivity contribution in [3.63, 3.8) is 0 Å². The molecule has 1 N–H and O–H groups in total. The molecule has 1 aliphatic heterocycles. The molecular formula is C13H15FN2O6S. The van der Waals surface area contributed by atoms with E-state index < -0.39 is 49.3 Å². The van der Waals surface area contributed by atoms with Gasteiger partial charge < -0.3 is 5.11 Å². The number of nitro benzene ring substituents is 1. The molecular weight excluding hydrogens is 331 g/mol. The molecule has 8 nitrogen and oxygen atoms in total. The molecule has 0 spiro atoms. The second kappa shape index (κ2) is 6.20. The van der Waals surface area contributed by atoms with E-state index in [2.05, 4.69) is 0 Å². The van der Waals surface area contributed by atoms with E-state index in [1.54, 1.807) is 0 Å². The van der Waals surface area contributed by atoms with Crippen LogP contribution in [0.3, 0.4) is 0 Å². The van der Waals surface area contributed by atoms with Crippen LogP contribution in [0.15, 0.2) is 23.1 Å². The number of carboxylic acids is 1. The van der Waals surface area contributed by atoms with Gasteiger partial charge in [0.25, 0.3) is 0 Å². The number of aliphatic carboxylic acids is 1. The highest BCUT2D eigenvalue weighted by Crippen LogP contribution is 2.34. The maximum absolute atomic E-state index is 13.7. The van der Waals surface area contributed by atoms with E-state index in [9.17, 15) is 27.7 Å². The Morgan fingerprint density at radius 1 is 1.48 bits per heavy atom. The molecule has 2 atom stereocenters. The smallest absolute Gasteiger partial charge is 0.324 e. The lowest BCUT2D eigenvalue weighted by atomic mass is 9.92. The van der Waals surface area contributed by atoms with Crippen LogP contribution in [-0.4, -0.2) is 41.3 Å². The highest BCUT2D eigenvalue weighted by atomic mass is 32.2. The first kappa shape index (κ1) is 17.3. The lowest BCUT2D eigenvalue weighted by molar-refractivity contribution is -0.390. The molecule has 0 aliphatic carbocycles. The van der Waals surface area contributed by atoms with E-state index in [-0.39, 0.29) is 6.54 Å². The molecule has 2 rings (SSSR count). The molecule has 1 heterocycles. The molecule has 0 saturated carbocycles. The number of carbonyl (C=O) groups is 1. The molecule has 0 radical (unpaired) electrons. The van der Waals surface area contributed by atoms with Crippen molar-refractivity contribution in [2.75, 3.05) is 6.54 Å². The van der Waals surface area contributed by atoms with Crippen LogP contribution in [0, 0.1) is 21.8 Å². The van der Waals surface area contributed by atoms with E-state index in [0.29, 0.717) is 12.8 Å². The summed E-state index contributed by atoms with van der Waals surface area (Å²) in [6, 6.07) is 1.94. The summed E-state index contributed by atoms with van der Waals surface area (Å²) in [5.74, 6) is -3.30. The number of benzene rings is 1. The summed E-state index contributed by atoms with van der Waals surface area (Å²) in [7, 11) is -4.39. The normalized spacial score (nSPS) is 22.7. The van der Waals surface area contributed by atoms with E-state index in [0.717, 1.165) is 22.5 Å². The first-order chi connectivity index (χ1) is 10.7. The van der Waals surface area contributed by atoms with Gasteiger partial charge in [-0.25, -0.2) is 8.42 Å². The summed E-state index contributed by atoms with van der Waals surface area (Å²) in [4.78, 5) is 20.4. The number of rotatable bonds is 4. The third-order valence-electron chi connectivity index (χ3n) is 3.97. The molecule has 0 unspecified atom stereocenters. The zero-order valence-corrected chi connectivity index (χ0v) is 13.0. The first-order valence-electron chi connectivity index (χ1n) is 6.85. The zero-order valence-electron chi connectivity index (χ0n) is 12.2. The summed E-state index contributed by atoms with van der Waals surface area (Å²) in [6.45, 7) is 1.46. The third kappa shape index (κ3) is 3.04. The third-order valence-corrected chi connectivity index (χ3v) is 5.98. The molecule has 1 aliphatic rings. The fraction of sp³-hybridized carbons (Fsp3) is 0.462. The Bertz CT molecular complexity index is 751. The van der Waals surface area contributed by atoms with Crippen LogP contribution in [0.4, 0.5) is 10.1 Å². The van der Waals surface area contributed by atoms with Crippen LogP contribution in [0.2, 0.25) is 0 Å². The van der Waals surface area contributed by atoms with E-state index >= 15 is 0 Å². The summed E-state index contributed by atoms with van der Waals surface area (Å²) in [6.07, 6.45) is 0.622. The predicted molar refractivity (Wildman–Crippen MR) is 76.8 cm³/mol. The van der Waals surface area contributed by atoms with Gasteiger partial charge in [0, 0.05) is 12.6 Å². The predicted octanol–water partition coefficient (Wildman–Crippen LogP) is 1.61. The Morgan fingerprint density at radius 2 is 2.13 bits per heavy atom. The molecule has 1 aromatic rings. The zero-order chi connectivity index (χ0) is 17.4. The van der Waals surface area contributed by atoms with Gasteiger partial charge in [-0.2, -0.15) is 8.70 Å². The van der Waals surface area contributed by atoms with Gasteiger partial charge in [-0.3, -0.25) is 14.9 Å². The highest BCUT2D eigenvalue weighted by Gasteiger charge is 2.42. The van der Waals surface area contributed by atoms with Crippen molar-refractivity contribution in [2.24, 2.45) is 5.92 Å². The van der Waals surface area contributed by atoms with Crippen LogP contribution < -0.4 is 0 Å². The van der Waals surface area contributed by atoms with Gasteiger partial charge in [-0.05, 0) is 31.9 Å². The number of hydrogen-bond acceptors (Lipinski definition) is 5. The van der Waals surface area contributed by atoms with Crippen molar-refractivity contribution >= 4 is 21.7 Å². The van der Waals surface area contributed by atoms with Crippen LogP contribution >= 0.6 is 0 Å². The highest BCUT2D eigenvalue weighted by molar-refractivity contribution is 7.89. The Labute approximate surface area is 131 Å². The quantitative estimate of drug-likeness (QED) is 0.653. The average molecular weight is 346 g/mol. The molecule has 1 saturated heterocycles. The molecule has 10 heteroatoms. The standard InChI is InChI=1S/C13H15FN2O6S/c1-8-9(13(17)18)4-3-7-15(8)23(21,22)11-6-2-5-10(14)12(11)16(19)20/h2,5-6,8-9H,3-4,7H2,1H3,(H,17,18)/t8-,9-/m1/s1. The van der Waals surface area contributed by atoms with E-state index in [1.807, 2.05) is 0 Å². The molecule has 23 heavy (non-hydrogen) atoms. The van der Waals surface area contributed by atoms with E-state index in [4.69, 9.17) is 5.11 Å².